The third-order valence-electron chi connectivity index (χ3n) is 5.65. The van der Waals surface area contributed by atoms with E-state index in [2.05, 4.69) is 27.5 Å². The Balaban J connectivity index is 1.43. The van der Waals surface area contributed by atoms with Crippen molar-refractivity contribution in [3.8, 4) is 16.9 Å². The summed E-state index contributed by atoms with van der Waals surface area (Å²) in [5.74, 6) is 0.849. The van der Waals surface area contributed by atoms with Gasteiger partial charge in [-0.3, -0.25) is 4.79 Å². The van der Waals surface area contributed by atoms with E-state index in [1.165, 1.54) is 12.1 Å². The van der Waals surface area contributed by atoms with Crippen LogP contribution in [-0.2, 0) is 17.9 Å². The van der Waals surface area contributed by atoms with E-state index < -0.39 is 0 Å². The zero-order chi connectivity index (χ0) is 24.5. The van der Waals surface area contributed by atoms with Crippen molar-refractivity contribution in [2.75, 3.05) is 4.90 Å². The van der Waals surface area contributed by atoms with Gasteiger partial charge in [0.15, 0.2) is 6.61 Å². The summed E-state index contributed by atoms with van der Waals surface area (Å²) in [5, 5.41) is 13.6. The summed E-state index contributed by atoms with van der Waals surface area (Å²) in [6, 6.07) is 22.0. The topological polar surface area (TPSA) is 84.0 Å². The molecule has 0 unspecified atom stereocenters. The van der Waals surface area contributed by atoms with E-state index in [4.69, 9.17) is 4.74 Å². The van der Waals surface area contributed by atoms with Crippen molar-refractivity contribution in [1.29, 1.82) is 0 Å². The van der Waals surface area contributed by atoms with Crippen molar-refractivity contribution < 1.29 is 13.9 Å². The first kappa shape index (κ1) is 24.1. The van der Waals surface area contributed by atoms with Crippen LogP contribution in [0.3, 0.4) is 0 Å². The van der Waals surface area contributed by atoms with Gasteiger partial charge in [-0.25, -0.2) is 4.39 Å². The molecule has 0 aliphatic rings. The fourth-order valence-corrected chi connectivity index (χ4v) is 3.75. The number of hydrogen-bond acceptors (Lipinski definition) is 5. The molecule has 3 aromatic carbocycles. The van der Waals surface area contributed by atoms with E-state index >= 15 is 0 Å². The molecular weight excluding hydrogens is 445 g/mol. The lowest BCUT2D eigenvalue weighted by Crippen LogP contribution is -2.30. The lowest BCUT2D eigenvalue weighted by Gasteiger charge is -2.23. The molecule has 35 heavy (non-hydrogen) atoms. The molecule has 1 amide bonds. The van der Waals surface area contributed by atoms with Crippen molar-refractivity contribution in [1.82, 2.24) is 20.6 Å². The van der Waals surface area contributed by atoms with Crippen LogP contribution in [0.2, 0.25) is 0 Å². The van der Waals surface area contributed by atoms with E-state index in [1.54, 1.807) is 17.0 Å². The molecular formula is C27H28FN5O2. The first-order valence-corrected chi connectivity index (χ1v) is 11.7. The average molecular weight is 474 g/mol. The van der Waals surface area contributed by atoms with Crippen molar-refractivity contribution in [2.45, 2.75) is 45.8 Å². The maximum absolute atomic E-state index is 13.9. The van der Waals surface area contributed by atoms with Gasteiger partial charge in [0.25, 0.3) is 0 Å². The van der Waals surface area contributed by atoms with Crippen LogP contribution >= 0.6 is 0 Å². The van der Waals surface area contributed by atoms with Gasteiger partial charge >= 0.3 is 0 Å². The van der Waals surface area contributed by atoms with Gasteiger partial charge in [-0.1, -0.05) is 67.4 Å². The Hall–Kier alpha value is -4.07. The van der Waals surface area contributed by atoms with Gasteiger partial charge in [0.05, 0.1) is 6.54 Å². The highest BCUT2D eigenvalue weighted by Gasteiger charge is 2.16. The normalized spacial score (nSPS) is 10.8. The number of nitrogens with one attached hydrogen (secondary N) is 1. The smallest absolute Gasteiger partial charge is 0.227 e. The van der Waals surface area contributed by atoms with Gasteiger partial charge in [-0.2, -0.15) is 5.21 Å². The predicted molar refractivity (Wildman–Crippen MR) is 132 cm³/mol. The van der Waals surface area contributed by atoms with Gasteiger partial charge in [0.2, 0.25) is 11.7 Å². The fourth-order valence-electron chi connectivity index (χ4n) is 3.75. The second kappa shape index (κ2) is 11.9. The molecule has 0 aliphatic carbocycles. The zero-order valence-electron chi connectivity index (χ0n) is 19.7. The summed E-state index contributed by atoms with van der Waals surface area (Å²) in [4.78, 5) is 14.6. The van der Waals surface area contributed by atoms with Crippen LogP contribution in [0.4, 0.5) is 10.1 Å². The van der Waals surface area contributed by atoms with Crippen LogP contribution in [-0.4, -0.2) is 26.5 Å². The van der Waals surface area contributed by atoms with Gasteiger partial charge in [0.1, 0.15) is 11.6 Å². The zero-order valence-corrected chi connectivity index (χ0v) is 19.7. The lowest BCUT2D eigenvalue weighted by atomic mass is 10.0. The van der Waals surface area contributed by atoms with E-state index in [0.717, 1.165) is 36.0 Å². The minimum atomic E-state index is -0.353. The number of nitrogens with zero attached hydrogens (tertiary/aromatic N) is 4. The van der Waals surface area contributed by atoms with Crippen LogP contribution in [0, 0.1) is 5.82 Å². The number of aromatic nitrogens is 4. The Morgan fingerprint density at radius 1 is 1.00 bits per heavy atom. The Kier molecular flexibility index (Phi) is 8.17. The summed E-state index contributed by atoms with van der Waals surface area (Å²) in [6.07, 6.45) is 3.32. The molecule has 4 aromatic rings. The number of anilines is 1. The second-order valence-electron chi connectivity index (χ2n) is 8.25. The predicted octanol–water partition coefficient (Wildman–Crippen LogP) is 5.70. The molecule has 8 heteroatoms. The standard InChI is InChI=1S/C27H28FN5O2/c1-2-3-4-8-27(34)33(24-7-5-6-23(28)17-24)18-20-9-11-21(12-10-20)22-13-15-25(16-14-22)35-19-26-29-31-32-30-26/h5-7,9-17H,2-4,8,18-19H2,1H3,(H,29,30,31,32). The molecule has 7 nitrogen and oxygen atoms in total. The largest absolute Gasteiger partial charge is 0.485 e. The summed E-state index contributed by atoms with van der Waals surface area (Å²) in [7, 11) is 0. The van der Waals surface area contributed by atoms with Gasteiger partial charge in [-0.05, 0) is 53.4 Å². The number of carbonyl (C=O) groups is 1. The highest BCUT2D eigenvalue weighted by Crippen LogP contribution is 2.25. The van der Waals surface area contributed by atoms with Crippen LogP contribution in [0.25, 0.3) is 11.1 Å². The molecule has 1 heterocycles. The van der Waals surface area contributed by atoms with Crippen molar-refractivity contribution in [3.05, 3.63) is 90.0 Å². The molecule has 0 atom stereocenters. The maximum Gasteiger partial charge on any atom is 0.227 e. The van der Waals surface area contributed by atoms with Crippen molar-refractivity contribution in [2.24, 2.45) is 0 Å². The van der Waals surface area contributed by atoms with Crippen LogP contribution < -0.4 is 9.64 Å². The highest BCUT2D eigenvalue weighted by atomic mass is 19.1. The molecule has 0 saturated heterocycles. The Labute approximate surface area is 203 Å². The van der Waals surface area contributed by atoms with Crippen LogP contribution in [0.5, 0.6) is 5.75 Å². The number of hydrogen-bond donors (Lipinski definition) is 1. The van der Waals surface area contributed by atoms with Crippen LogP contribution in [0.15, 0.2) is 72.8 Å². The van der Waals surface area contributed by atoms with Crippen molar-refractivity contribution >= 4 is 11.6 Å². The van der Waals surface area contributed by atoms with Gasteiger partial charge in [-0.15, -0.1) is 10.2 Å². The summed E-state index contributed by atoms with van der Waals surface area (Å²) >= 11 is 0. The first-order valence-electron chi connectivity index (χ1n) is 11.7. The summed E-state index contributed by atoms with van der Waals surface area (Å²) in [6.45, 7) is 2.73. The molecule has 180 valence electrons. The number of rotatable bonds is 11. The van der Waals surface area contributed by atoms with E-state index in [1.807, 2.05) is 48.5 Å². The molecule has 4 rings (SSSR count). The summed E-state index contributed by atoms with van der Waals surface area (Å²) < 4.78 is 19.5. The molecule has 0 fully saturated rings. The number of halogens is 1. The Morgan fingerprint density at radius 3 is 2.40 bits per heavy atom. The van der Waals surface area contributed by atoms with Gasteiger partial charge in [0, 0.05) is 12.1 Å². The highest BCUT2D eigenvalue weighted by molar-refractivity contribution is 5.93. The number of carbonyl (C=O) groups excluding carboxylic acids is 1. The number of tetrazole rings is 1. The monoisotopic (exact) mass is 473 g/mol. The van der Waals surface area contributed by atoms with E-state index in [9.17, 15) is 9.18 Å². The number of aromatic amines is 1. The summed E-state index contributed by atoms with van der Waals surface area (Å²) in [5.41, 5.74) is 3.64. The minimum Gasteiger partial charge on any atom is -0.485 e. The van der Waals surface area contributed by atoms with Crippen molar-refractivity contribution in [3.63, 3.8) is 0 Å². The number of unbranched alkanes of at least 4 members (excludes halogenated alkanes) is 2. The van der Waals surface area contributed by atoms with E-state index in [0.29, 0.717) is 30.2 Å². The third-order valence-corrected chi connectivity index (χ3v) is 5.65. The number of H-pyrrole nitrogens is 1. The first-order chi connectivity index (χ1) is 17.1. The lowest BCUT2D eigenvalue weighted by molar-refractivity contribution is -0.118. The second-order valence-corrected chi connectivity index (χ2v) is 8.25. The number of amides is 1. The molecule has 0 spiro atoms. The fraction of sp³-hybridized carbons (Fsp3) is 0.259. The number of ether oxygens (including phenoxy) is 1. The SMILES string of the molecule is CCCCCC(=O)N(Cc1ccc(-c2ccc(OCc3nn[nH]n3)cc2)cc1)c1cccc(F)c1. The molecule has 0 saturated carbocycles. The van der Waals surface area contributed by atoms with E-state index in [-0.39, 0.29) is 18.3 Å². The quantitative estimate of drug-likeness (QED) is 0.283. The molecule has 0 bridgehead atoms. The number of benzene rings is 3. The molecule has 1 N–H and O–H groups in total. The van der Waals surface area contributed by atoms with Crippen LogP contribution in [0.1, 0.15) is 44.0 Å². The molecule has 0 radical (unpaired) electrons. The average Bonchev–Trinajstić information content (AvgIpc) is 3.41. The van der Waals surface area contributed by atoms with Gasteiger partial charge < -0.3 is 9.64 Å². The third kappa shape index (κ3) is 6.72. The Bertz CT molecular complexity index is 1210. The molecule has 1 aromatic heterocycles. The Morgan fingerprint density at radius 2 is 1.74 bits per heavy atom. The minimum absolute atomic E-state index is 0.00420. The molecule has 0 aliphatic heterocycles. The maximum atomic E-state index is 13.9.